The van der Waals surface area contributed by atoms with Gasteiger partial charge in [-0.05, 0) is 30.0 Å². The van der Waals surface area contributed by atoms with Crippen LogP contribution < -0.4 is 0 Å². The number of nitrogens with zero attached hydrogens (tertiary/aromatic N) is 1. The van der Waals surface area contributed by atoms with E-state index >= 15 is 0 Å². The normalized spacial score (nSPS) is 12.0. The molecule has 0 unspecified atom stereocenters. The molecule has 0 saturated heterocycles. The summed E-state index contributed by atoms with van der Waals surface area (Å²) in [7, 11) is 0. The van der Waals surface area contributed by atoms with E-state index < -0.39 is 29.2 Å². The zero-order chi connectivity index (χ0) is 21.4. The van der Waals surface area contributed by atoms with Crippen LogP contribution in [0.15, 0.2) is 48.5 Å². The number of halogens is 3. The number of benzene rings is 2. The van der Waals surface area contributed by atoms with Crippen molar-refractivity contribution in [3.05, 3.63) is 70.8 Å². The number of aryl methyl sites for hydroxylation is 1. The van der Waals surface area contributed by atoms with Crippen LogP contribution in [0.5, 0.6) is 0 Å². The summed E-state index contributed by atoms with van der Waals surface area (Å²) in [5.74, 6) is -0.495. The highest BCUT2D eigenvalue weighted by Gasteiger charge is 2.35. The number of alkyl halides is 3. The Bertz CT molecular complexity index is 926. The molecule has 4 nitrogen and oxygen atoms in total. The van der Waals surface area contributed by atoms with Gasteiger partial charge in [-0.2, -0.15) is 18.4 Å². The number of nitriles is 1. The fourth-order valence-electron chi connectivity index (χ4n) is 2.62. The molecule has 0 fully saturated rings. The summed E-state index contributed by atoms with van der Waals surface area (Å²) < 4.78 is 50.6. The molecular formula is C22H20F3NO3. The van der Waals surface area contributed by atoms with Gasteiger partial charge in [0.05, 0.1) is 12.2 Å². The topological polar surface area (TPSA) is 59.3 Å². The Hall–Kier alpha value is -3.27. The number of hydrogen-bond acceptors (Lipinski definition) is 4. The van der Waals surface area contributed by atoms with Gasteiger partial charge in [-0.15, -0.1) is 0 Å². The number of rotatable bonds is 6. The summed E-state index contributed by atoms with van der Waals surface area (Å²) >= 11 is 0. The first-order valence-electron chi connectivity index (χ1n) is 9.06. The van der Waals surface area contributed by atoms with E-state index in [0.29, 0.717) is 12.0 Å². The highest BCUT2D eigenvalue weighted by Crippen LogP contribution is 2.38. The van der Waals surface area contributed by atoms with Crippen LogP contribution in [0, 0.1) is 11.3 Å². The summed E-state index contributed by atoms with van der Waals surface area (Å²) in [5, 5.41) is 9.70. The van der Waals surface area contributed by atoms with Gasteiger partial charge in [0.1, 0.15) is 11.6 Å². The van der Waals surface area contributed by atoms with Crippen molar-refractivity contribution in [2.45, 2.75) is 32.9 Å². The number of carbonyl (C=O) groups excluding carboxylic acids is 1. The molecule has 7 heteroatoms. The minimum absolute atomic E-state index is 0.0418. The van der Waals surface area contributed by atoms with Crippen molar-refractivity contribution in [3.8, 4) is 6.07 Å². The molecule has 2 aromatic rings. The number of carbonyl (C=O) groups is 1. The standard InChI is InChI=1S/C22H20F3NO3/c1-3-13-28-21(27)29-20(17-7-5-6-8-19(17)22(23,24)25)18(14-26)16-11-9-15(4-2)10-12-16/h5-12H,3-4,13H2,1-2H3. The Morgan fingerprint density at radius 2 is 1.72 bits per heavy atom. The van der Waals surface area contributed by atoms with E-state index in [1.165, 1.54) is 12.1 Å². The van der Waals surface area contributed by atoms with E-state index in [4.69, 9.17) is 9.47 Å². The van der Waals surface area contributed by atoms with Gasteiger partial charge in [0.15, 0.2) is 5.76 Å². The maximum absolute atomic E-state index is 13.5. The summed E-state index contributed by atoms with van der Waals surface area (Å²) in [5.41, 5.74) is -0.301. The molecule has 2 aromatic carbocycles. The highest BCUT2D eigenvalue weighted by molar-refractivity contribution is 5.97. The average Bonchev–Trinajstić information content (AvgIpc) is 2.72. The molecule has 0 saturated carbocycles. The monoisotopic (exact) mass is 403 g/mol. The van der Waals surface area contributed by atoms with Gasteiger partial charge >= 0.3 is 12.3 Å². The number of ether oxygens (including phenoxy) is 2. The molecule has 0 bridgehead atoms. The van der Waals surface area contributed by atoms with E-state index in [-0.39, 0.29) is 12.2 Å². The highest BCUT2D eigenvalue weighted by atomic mass is 19.4. The van der Waals surface area contributed by atoms with Gasteiger partial charge in [-0.25, -0.2) is 4.79 Å². The fourth-order valence-corrected chi connectivity index (χ4v) is 2.62. The van der Waals surface area contributed by atoms with Gasteiger partial charge in [0.25, 0.3) is 0 Å². The maximum atomic E-state index is 13.5. The molecule has 0 aliphatic heterocycles. The largest absolute Gasteiger partial charge is 0.513 e. The van der Waals surface area contributed by atoms with Crippen molar-refractivity contribution in [3.63, 3.8) is 0 Å². The van der Waals surface area contributed by atoms with Crippen LogP contribution in [-0.4, -0.2) is 12.8 Å². The van der Waals surface area contributed by atoms with Crippen molar-refractivity contribution in [1.29, 1.82) is 5.26 Å². The van der Waals surface area contributed by atoms with Crippen molar-refractivity contribution in [2.24, 2.45) is 0 Å². The van der Waals surface area contributed by atoms with E-state index in [2.05, 4.69) is 0 Å². The lowest BCUT2D eigenvalue weighted by molar-refractivity contribution is -0.137. The third-order valence-electron chi connectivity index (χ3n) is 4.08. The van der Waals surface area contributed by atoms with Crippen molar-refractivity contribution >= 4 is 17.5 Å². The number of hydrogen-bond donors (Lipinski definition) is 0. The molecule has 0 aromatic heterocycles. The molecule has 0 aliphatic rings. The molecule has 29 heavy (non-hydrogen) atoms. The van der Waals surface area contributed by atoms with Gasteiger partial charge in [0, 0.05) is 5.56 Å². The van der Waals surface area contributed by atoms with Gasteiger partial charge < -0.3 is 9.47 Å². The quantitative estimate of drug-likeness (QED) is 0.249. The summed E-state index contributed by atoms with van der Waals surface area (Å²) in [4.78, 5) is 12.0. The Morgan fingerprint density at radius 3 is 2.28 bits per heavy atom. The lowest BCUT2D eigenvalue weighted by Gasteiger charge is -2.17. The number of allylic oxidation sites excluding steroid dienone is 1. The van der Waals surface area contributed by atoms with Crippen LogP contribution >= 0.6 is 0 Å². The van der Waals surface area contributed by atoms with Crippen LogP contribution in [0.25, 0.3) is 11.3 Å². The molecule has 2 rings (SSSR count). The Balaban J connectivity index is 2.68. The summed E-state index contributed by atoms with van der Waals surface area (Å²) in [6.45, 7) is 3.76. The Kier molecular flexibility index (Phi) is 7.43. The van der Waals surface area contributed by atoms with E-state index in [0.717, 1.165) is 24.1 Å². The first-order chi connectivity index (χ1) is 13.8. The molecule has 152 valence electrons. The summed E-state index contributed by atoms with van der Waals surface area (Å²) in [6, 6.07) is 13.2. The van der Waals surface area contributed by atoms with Crippen LogP contribution in [0.2, 0.25) is 0 Å². The predicted octanol–water partition coefficient (Wildman–Crippen LogP) is 6.22. The minimum atomic E-state index is -4.70. The predicted molar refractivity (Wildman–Crippen MR) is 102 cm³/mol. The van der Waals surface area contributed by atoms with E-state index in [1.54, 1.807) is 31.2 Å². The fraction of sp³-hybridized carbons (Fsp3) is 0.273. The van der Waals surface area contributed by atoms with E-state index in [1.807, 2.05) is 13.0 Å². The van der Waals surface area contributed by atoms with Crippen molar-refractivity contribution < 1.29 is 27.4 Å². The molecule has 0 heterocycles. The third-order valence-corrected chi connectivity index (χ3v) is 4.08. The van der Waals surface area contributed by atoms with Crippen molar-refractivity contribution in [2.75, 3.05) is 6.61 Å². The van der Waals surface area contributed by atoms with E-state index in [9.17, 15) is 23.2 Å². The van der Waals surface area contributed by atoms with Gasteiger partial charge in [-0.3, -0.25) is 0 Å². The van der Waals surface area contributed by atoms with Crippen LogP contribution in [-0.2, 0) is 22.1 Å². The minimum Gasteiger partial charge on any atom is -0.434 e. The second-order valence-electron chi connectivity index (χ2n) is 6.11. The first-order valence-corrected chi connectivity index (χ1v) is 9.06. The zero-order valence-electron chi connectivity index (χ0n) is 16.0. The maximum Gasteiger partial charge on any atom is 0.513 e. The second kappa shape index (κ2) is 9.78. The van der Waals surface area contributed by atoms with Crippen molar-refractivity contribution in [1.82, 2.24) is 0 Å². The molecule has 0 spiro atoms. The molecule has 0 radical (unpaired) electrons. The van der Waals surface area contributed by atoms with Gasteiger partial charge in [0.2, 0.25) is 0 Å². The molecule has 0 N–H and O–H groups in total. The molecule has 0 amide bonds. The van der Waals surface area contributed by atoms with Crippen LogP contribution in [0.4, 0.5) is 18.0 Å². The zero-order valence-corrected chi connectivity index (χ0v) is 16.0. The Labute approximate surface area is 167 Å². The van der Waals surface area contributed by atoms with Gasteiger partial charge in [-0.1, -0.05) is 56.3 Å². The molecule has 0 aliphatic carbocycles. The average molecular weight is 403 g/mol. The molecule has 0 atom stereocenters. The summed E-state index contributed by atoms with van der Waals surface area (Å²) in [6.07, 6.45) is -4.60. The first kappa shape index (κ1) is 22.0. The SMILES string of the molecule is CCCOC(=O)OC(=C(C#N)c1ccc(CC)cc1)c1ccccc1C(F)(F)F. The van der Waals surface area contributed by atoms with Crippen LogP contribution in [0.1, 0.15) is 42.5 Å². The second-order valence-corrected chi connectivity index (χ2v) is 6.11. The smallest absolute Gasteiger partial charge is 0.434 e. The lowest BCUT2D eigenvalue weighted by Crippen LogP contribution is -2.13. The molecular weight excluding hydrogens is 383 g/mol. The lowest BCUT2D eigenvalue weighted by atomic mass is 9.97. The van der Waals surface area contributed by atoms with Crippen LogP contribution in [0.3, 0.4) is 0 Å². The Morgan fingerprint density at radius 1 is 1.07 bits per heavy atom. The third kappa shape index (κ3) is 5.61.